The van der Waals surface area contributed by atoms with Crippen LogP contribution in [0, 0.1) is 0 Å². The maximum atomic E-state index is 4.41. The fourth-order valence-electron chi connectivity index (χ4n) is 1.83. The van der Waals surface area contributed by atoms with Gasteiger partial charge in [0.25, 0.3) is 0 Å². The average Bonchev–Trinajstić information content (AvgIpc) is 2.39. The Morgan fingerprint density at radius 1 is 0.688 bits per heavy atom. The van der Waals surface area contributed by atoms with E-state index in [4.69, 9.17) is 0 Å². The summed E-state index contributed by atoms with van der Waals surface area (Å²) in [6, 6.07) is 16.1. The van der Waals surface area contributed by atoms with Gasteiger partial charge in [-0.1, -0.05) is 30.3 Å². The fraction of sp³-hybridized carbons (Fsp3) is 0. The predicted molar refractivity (Wildman–Crippen MR) is 65.0 cm³/mol. The molecule has 1 aromatic carbocycles. The van der Waals surface area contributed by atoms with Crippen LogP contribution in [0.1, 0.15) is 0 Å². The van der Waals surface area contributed by atoms with Gasteiger partial charge in [0.2, 0.25) is 0 Å². The van der Waals surface area contributed by atoms with Gasteiger partial charge in [-0.15, -0.1) is 0 Å². The van der Waals surface area contributed by atoms with E-state index in [-0.39, 0.29) is 0 Å². The average molecular weight is 206 g/mol. The molecule has 0 radical (unpaired) electrons. The molecule has 0 bridgehead atoms. The van der Waals surface area contributed by atoms with Gasteiger partial charge in [-0.3, -0.25) is 9.97 Å². The number of benzene rings is 1. The zero-order valence-electron chi connectivity index (χ0n) is 8.67. The monoisotopic (exact) mass is 206 g/mol. The van der Waals surface area contributed by atoms with Crippen molar-refractivity contribution in [3.05, 3.63) is 60.9 Å². The molecule has 0 aliphatic carbocycles. The van der Waals surface area contributed by atoms with Gasteiger partial charge >= 0.3 is 0 Å². The van der Waals surface area contributed by atoms with Crippen molar-refractivity contribution in [2.75, 3.05) is 0 Å². The molecule has 2 heteroatoms. The summed E-state index contributed by atoms with van der Waals surface area (Å²) in [5, 5.41) is 2.34. The van der Waals surface area contributed by atoms with Crippen LogP contribution in [0.3, 0.4) is 0 Å². The highest BCUT2D eigenvalue weighted by atomic mass is 14.8. The van der Waals surface area contributed by atoms with E-state index in [1.54, 1.807) is 6.20 Å². The molecule has 76 valence electrons. The van der Waals surface area contributed by atoms with Gasteiger partial charge in [0.15, 0.2) is 0 Å². The van der Waals surface area contributed by atoms with Gasteiger partial charge in [-0.2, -0.15) is 0 Å². The third-order valence-electron chi connectivity index (χ3n) is 2.58. The van der Waals surface area contributed by atoms with Crippen molar-refractivity contribution in [2.24, 2.45) is 0 Å². The summed E-state index contributed by atoms with van der Waals surface area (Å²) in [5.41, 5.74) is 1.86. The number of hydrogen-bond acceptors (Lipinski definition) is 2. The molecule has 0 fully saturated rings. The van der Waals surface area contributed by atoms with Crippen LogP contribution < -0.4 is 0 Å². The highest BCUT2D eigenvalue weighted by Crippen LogP contribution is 2.24. The Kier molecular flexibility index (Phi) is 2.11. The van der Waals surface area contributed by atoms with Crippen LogP contribution in [0.5, 0.6) is 0 Å². The Morgan fingerprint density at radius 2 is 1.56 bits per heavy atom. The second kappa shape index (κ2) is 3.74. The molecule has 2 aromatic heterocycles. The standard InChI is InChI=1S/C14H10N2/c1-2-6-12-11(5-1)8-10-16-14(12)13-7-3-4-9-15-13/h1-10H. The molecule has 3 aromatic rings. The number of nitrogens with zero attached hydrogens (tertiary/aromatic N) is 2. The van der Waals surface area contributed by atoms with E-state index < -0.39 is 0 Å². The topological polar surface area (TPSA) is 25.8 Å². The summed E-state index contributed by atoms with van der Waals surface area (Å²) in [7, 11) is 0. The summed E-state index contributed by atoms with van der Waals surface area (Å²) >= 11 is 0. The SMILES string of the molecule is c1ccc(-c2nccc3ccccc23)nc1. The Morgan fingerprint density at radius 3 is 2.44 bits per heavy atom. The Labute approximate surface area is 93.6 Å². The molecule has 2 nitrogen and oxygen atoms in total. The van der Waals surface area contributed by atoms with Crippen molar-refractivity contribution < 1.29 is 0 Å². The normalized spacial score (nSPS) is 10.5. The van der Waals surface area contributed by atoms with Crippen LogP contribution >= 0.6 is 0 Å². The molecular formula is C14H10N2. The number of pyridine rings is 2. The Bertz CT molecular complexity index is 612. The lowest BCUT2D eigenvalue weighted by atomic mass is 10.1. The lowest BCUT2D eigenvalue weighted by Crippen LogP contribution is -1.87. The first-order valence-electron chi connectivity index (χ1n) is 5.20. The summed E-state index contributed by atoms with van der Waals surface area (Å²) in [6.07, 6.45) is 3.62. The van der Waals surface area contributed by atoms with Gasteiger partial charge in [0, 0.05) is 17.8 Å². The molecule has 0 saturated heterocycles. The molecule has 0 aliphatic heterocycles. The largest absolute Gasteiger partial charge is 0.255 e. The summed E-state index contributed by atoms with van der Waals surface area (Å²) in [6.45, 7) is 0. The Balaban J connectivity index is 2.32. The molecule has 0 unspecified atom stereocenters. The van der Waals surface area contributed by atoms with E-state index >= 15 is 0 Å². The highest BCUT2D eigenvalue weighted by Gasteiger charge is 2.04. The van der Waals surface area contributed by atoms with Gasteiger partial charge < -0.3 is 0 Å². The summed E-state index contributed by atoms with van der Waals surface area (Å²) < 4.78 is 0. The van der Waals surface area contributed by atoms with Crippen LogP contribution in [-0.4, -0.2) is 9.97 Å². The van der Waals surface area contributed by atoms with Crippen molar-refractivity contribution in [1.82, 2.24) is 9.97 Å². The minimum Gasteiger partial charge on any atom is -0.255 e. The molecule has 0 saturated carbocycles. The predicted octanol–water partition coefficient (Wildman–Crippen LogP) is 3.30. The first kappa shape index (κ1) is 9.04. The van der Waals surface area contributed by atoms with Crippen LogP contribution in [0.15, 0.2) is 60.9 Å². The van der Waals surface area contributed by atoms with Gasteiger partial charge in [-0.25, -0.2) is 0 Å². The first-order valence-corrected chi connectivity index (χ1v) is 5.20. The molecule has 0 amide bonds. The van der Waals surface area contributed by atoms with E-state index in [1.165, 1.54) is 5.39 Å². The van der Waals surface area contributed by atoms with Crippen molar-refractivity contribution in [3.8, 4) is 11.4 Å². The number of hydrogen-bond donors (Lipinski definition) is 0. The highest BCUT2D eigenvalue weighted by molar-refractivity contribution is 5.93. The van der Waals surface area contributed by atoms with Crippen molar-refractivity contribution >= 4 is 10.8 Å². The summed E-state index contributed by atoms with van der Waals surface area (Å²) in [4.78, 5) is 8.75. The fourth-order valence-corrected chi connectivity index (χ4v) is 1.83. The second-order valence-electron chi connectivity index (χ2n) is 3.60. The van der Waals surface area contributed by atoms with Gasteiger partial charge in [-0.05, 0) is 23.6 Å². The third kappa shape index (κ3) is 1.44. The lowest BCUT2D eigenvalue weighted by molar-refractivity contribution is 1.27. The van der Waals surface area contributed by atoms with Crippen LogP contribution in [-0.2, 0) is 0 Å². The second-order valence-corrected chi connectivity index (χ2v) is 3.60. The zero-order valence-corrected chi connectivity index (χ0v) is 8.67. The zero-order chi connectivity index (χ0) is 10.8. The van der Waals surface area contributed by atoms with E-state index in [0.717, 1.165) is 16.8 Å². The van der Waals surface area contributed by atoms with Gasteiger partial charge in [0.05, 0.1) is 11.4 Å². The van der Waals surface area contributed by atoms with Crippen LogP contribution in [0.2, 0.25) is 0 Å². The van der Waals surface area contributed by atoms with Crippen LogP contribution in [0.4, 0.5) is 0 Å². The molecule has 2 heterocycles. The number of fused-ring (bicyclic) bond motifs is 1. The maximum absolute atomic E-state index is 4.41. The Hall–Kier alpha value is -2.22. The first-order chi connectivity index (χ1) is 7.95. The third-order valence-corrected chi connectivity index (χ3v) is 2.58. The molecule has 0 atom stereocenters. The van der Waals surface area contributed by atoms with E-state index in [2.05, 4.69) is 22.1 Å². The molecule has 0 spiro atoms. The van der Waals surface area contributed by atoms with Crippen LogP contribution in [0.25, 0.3) is 22.2 Å². The maximum Gasteiger partial charge on any atom is 0.0964 e. The summed E-state index contributed by atoms with van der Waals surface area (Å²) in [5.74, 6) is 0. The van der Waals surface area contributed by atoms with Gasteiger partial charge in [0.1, 0.15) is 0 Å². The lowest BCUT2D eigenvalue weighted by Gasteiger charge is -2.03. The van der Waals surface area contributed by atoms with E-state index in [1.807, 2.05) is 42.6 Å². The van der Waals surface area contributed by atoms with E-state index in [9.17, 15) is 0 Å². The van der Waals surface area contributed by atoms with Crippen molar-refractivity contribution in [2.45, 2.75) is 0 Å². The molecule has 0 aliphatic rings. The molecule has 0 N–H and O–H groups in total. The molecule has 3 rings (SSSR count). The van der Waals surface area contributed by atoms with E-state index in [0.29, 0.717) is 0 Å². The minimum absolute atomic E-state index is 0.916. The number of aromatic nitrogens is 2. The van der Waals surface area contributed by atoms with Crippen molar-refractivity contribution in [1.29, 1.82) is 0 Å². The smallest absolute Gasteiger partial charge is 0.0964 e. The quantitative estimate of drug-likeness (QED) is 0.610. The minimum atomic E-state index is 0.916. The molecular weight excluding hydrogens is 196 g/mol. The molecule has 16 heavy (non-hydrogen) atoms. The van der Waals surface area contributed by atoms with Crippen molar-refractivity contribution in [3.63, 3.8) is 0 Å². The number of rotatable bonds is 1.